The lowest BCUT2D eigenvalue weighted by molar-refractivity contribution is -0.132. The Balaban J connectivity index is 1.73. The van der Waals surface area contributed by atoms with Crippen molar-refractivity contribution in [3.05, 3.63) is 34.9 Å². The zero-order valence-corrected chi connectivity index (χ0v) is 14.7. The molecular weight excluding hydrogens is 308 g/mol. The zero-order chi connectivity index (χ0) is 16.3. The second-order valence-corrected chi connectivity index (χ2v) is 7.78. The van der Waals surface area contributed by atoms with Crippen LogP contribution in [0, 0.1) is 11.3 Å². The molecule has 1 saturated carbocycles. The van der Waals surface area contributed by atoms with Crippen LogP contribution in [0.3, 0.4) is 0 Å². The largest absolute Gasteiger partial charge is 0.353 e. The normalized spacial score (nSPS) is 26.9. The van der Waals surface area contributed by atoms with Gasteiger partial charge in [0.25, 0.3) is 0 Å². The molecule has 0 radical (unpaired) electrons. The number of piperidine rings is 1. The van der Waals surface area contributed by atoms with E-state index in [1.54, 1.807) is 0 Å². The maximum absolute atomic E-state index is 13.1. The fraction of sp³-hybridized carbons (Fsp3) is 0.632. The van der Waals surface area contributed by atoms with Crippen molar-refractivity contribution in [2.45, 2.75) is 51.5 Å². The van der Waals surface area contributed by atoms with Crippen molar-refractivity contribution < 1.29 is 4.79 Å². The molecule has 1 aliphatic heterocycles. The van der Waals surface area contributed by atoms with E-state index < -0.39 is 0 Å². The molecule has 1 amide bonds. The highest BCUT2D eigenvalue weighted by Crippen LogP contribution is 2.41. The van der Waals surface area contributed by atoms with Gasteiger partial charge in [-0.05, 0) is 62.4 Å². The molecule has 0 aromatic heterocycles. The van der Waals surface area contributed by atoms with E-state index in [9.17, 15) is 4.79 Å². The Morgan fingerprint density at radius 3 is 2.87 bits per heavy atom. The Labute approximate surface area is 144 Å². The van der Waals surface area contributed by atoms with Crippen LogP contribution in [0.4, 0.5) is 0 Å². The van der Waals surface area contributed by atoms with Crippen molar-refractivity contribution in [1.82, 2.24) is 10.6 Å². The summed E-state index contributed by atoms with van der Waals surface area (Å²) in [5.74, 6) is 0.756. The number of rotatable bonds is 4. The summed E-state index contributed by atoms with van der Waals surface area (Å²) in [5, 5.41) is 7.52. The van der Waals surface area contributed by atoms with Gasteiger partial charge in [-0.3, -0.25) is 4.79 Å². The third kappa shape index (κ3) is 3.89. The molecule has 2 unspecified atom stereocenters. The van der Waals surface area contributed by atoms with Gasteiger partial charge in [0.2, 0.25) is 5.91 Å². The molecule has 23 heavy (non-hydrogen) atoms. The molecule has 1 aliphatic carbocycles. The molecule has 3 rings (SSSR count). The lowest BCUT2D eigenvalue weighted by atomic mass is 9.78. The molecule has 3 nitrogen and oxygen atoms in total. The summed E-state index contributed by atoms with van der Waals surface area (Å²) in [6.07, 6.45) is 6.11. The summed E-state index contributed by atoms with van der Waals surface area (Å²) in [7, 11) is 0. The van der Waals surface area contributed by atoms with E-state index in [0.717, 1.165) is 56.6 Å². The summed E-state index contributed by atoms with van der Waals surface area (Å²) in [6.45, 7) is 4.21. The molecule has 2 aliphatic rings. The number of hydrogen-bond donors (Lipinski definition) is 2. The molecule has 1 heterocycles. The van der Waals surface area contributed by atoms with Gasteiger partial charge < -0.3 is 10.6 Å². The zero-order valence-electron chi connectivity index (χ0n) is 13.9. The molecule has 0 spiro atoms. The Kier molecular flexibility index (Phi) is 5.27. The van der Waals surface area contributed by atoms with Crippen molar-refractivity contribution >= 4 is 17.5 Å². The van der Waals surface area contributed by atoms with Crippen LogP contribution in [0.2, 0.25) is 5.02 Å². The summed E-state index contributed by atoms with van der Waals surface area (Å²) in [4.78, 5) is 13.1. The van der Waals surface area contributed by atoms with Crippen molar-refractivity contribution in [1.29, 1.82) is 0 Å². The van der Waals surface area contributed by atoms with E-state index in [2.05, 4.69) is 23.6 Å². The van der Waals surface area contributed by atoms with Crippen molar-refractivity contribution in [3.8, 4) is 0 Å². The van der Waals surface area contributed by atoms with E-state index in [4.69, 9.17) is 11.6 Å². The van der Waals surface area contributed by atoms with Crippen LogP contribution < -0.4 is 10.6 Å². The van der Waals surface area contributed by atoms with Crippen LogP contribution in [0.1, 0.15) is 44.6 Å². The van der Waals surface area contributed by atoms with Gasteiger partial charge in [-0.15, -0.1) is 0 Å². The fourth-order valence-electron chi connectivity index (χ4n) is 4.12. The lowest BCUT2D eigenvalue weighted by Gasteiger charge is -2.35. The summed E-state index contributed by atoms with van der Waals surface area (Å²) in [6, 6.07) is 8.27. The minimum absolute atomic E-state index is 0.241. The Bertz CT molecular complexity index is 554. The van der Waals surface area contributed by atoms with E-state index >= 15 is 0 Å². The number of carbonyl (C=O) groups excluding carboxylic acids is 1. The molecule has 1 saturated heterocycles. The number of benzene rings is 1. The van der Waals surface area contributed by atoms with E-state index in [-0.39, 0.29) is 11.3 Å². The average Bonchev–Trinajstić information content (AvgIpc) is 2.99. The van der Waals surface area contributed by atoms with Crippen molar-refractivity contribution in [2.75, 3.05) is 13.1 Å². The van der Waals surface area contributed by atoms with Gasteiger partial charge in [-0.25, -0.2) is 0 Å². The fourth-order valence-corrected chi connectivity index (χ4v) is 4.34. The van der Waals surface area contributed by atoms with E-state index in [1.165, 1.54) is 5.56 Å². The topological polar surface area (TPSA) is 41.1 Å². The predicted octanol–water partition coefficient (Wildman–Crippen LogP) is 3.56. The molecule has 2 atom stereocenters. The van der Waals surface area contributed by atoms with Crippen LogP contribution in [0.15, 0.2) is 24.3 Å². The van der Waals surface area contributed by atoms with Gasteiger partial charge >= 0.3 is 0 Å². The maximum atomic E-state index is 13.1. The highest BCUT2D eigenvalue weighted by atomic mass is 35.5. The quantitative estimate of drug-likeness (QED) is 0.884. The van der Waals surface area contributed by atoms with E-state index in [0.29, 0.717) is 12.0 Å². The molecule has 4 heteroatoms. The third-order valence-electron chi connectivity index (χ3n) is 5.58. The highest BCUT2D eigenvalue weighted by molar-refractivity contribution is 6.30. The number of hydrogen-bond acceptors (Lipinski definition) is 2. The smallest absolute Gasteiger partial charge is 0.226 e. The van der Waals surface area contributed by atoms with Crippen molar-refractivity contribution in [2.24, 2.45) is 11.3 Å². The van der Waals surface area contributed by atoms with Crippen LogP contribution >= 0.6 is 11.6 Å². The van der Waals surface area contributed by atoms with Gasteiger partial charge in [-0.1, -0.05) is 43.5 Å². The molecule has 2 fully saturated rings. The Morgan fingerprint density at radius 1 is 1.39 bits per heavy atom. The van der Waals surface area contributed by atoms with Gasteiger partial charge in [-0.2, -0.15) is 0 Å². The number of carbonyl (C=O) groups is 1. The summed E-state index contributed by atoms with van der Waals surface area (Å²) < 4.78 is 0. The number of amides is 1. The Hall–Kier alpha value is -1.06. The standard InChI is InChI=1S/C19H27ClN2O/c1-14-13-21-10-7-17(14)22-18(23)19(8-2-3-9-19)12-15-5-4-6-16(20)11-15/h4-6,11,14,17,21H,2-3,7-10,12-13H2,1H3,(H,22,23). The summed E-state index contributed by atoms with van der Waals surface area (Å²) in [5.41, 5.74) is 0.933. The highest BCUT2D eigenvalue weighted by Gasteiger charge is 2.42. The van der Waals surface area contributed by atoms with Crippen LogP contribution in [0.25, 0.3) is 0 Å². The first kappa shape index (κ1) is 16.8. The first-order valence-electron chi connectivity index (χ1n) is 8.85. The number of halogens is 1. The van der Waals surface area contributed by atoms with Crippen molar-refractivity contribution in [3.63, 3.8) is 0 Å². The minimum atomic E-state index is -0.241. The minimum Gasteiger partial charge on any atom is -0.353 e. The SMILES string of the molecule is CC1CNCCC1NC(=O)C1(Cc2cccc(Cl)c2)CCCC1. The molecule has 126 valence electrons. The van der Waals surface area contributed by atoms with Gasteiger partial charge in [0.1, 0.15) is 0 Å². The van der Waals surface area contributed by atoms with E-state index in [1.807, 2.05) is 18.2 Å². The average molecular weight is 335 g/mol. The Morgan fingerprint density at radius 2 is 2.17 bits per heavy atom. The predicted molar refractivity (Wildman–Crippen MR) is 94.6 cm³/mol. The first-order valence-corrected chi connectivity index (χ1v) is 9.23. The van der Waals surface area contributed by atoms with Crippen LogP contribution in [0.5, 0.6) is 0 Å². The monoisotopic (exact) mass is 334 g/mol. The molecule has 1 aromatic carbocycles. The molecular formula is C19H27ClN2O. The van der Waals surface area contributed by atoms with Crippen LogP contribution in [-0.4, -0.2) is 25.0 Å². The third-order valence-corrected chi connectivity index (χ3v) is 5.81. The van der Waals surface area contributed by atoms with Gasteiger partial charge in [0, 0.05) is 11.1 Å². The van der Waals surface area contributed by atoms with Gasteiger partial charge in [0.05, 0.1) is 5.41 Å². The lowest BCUT2D eigenvalue weighted by Crippen LogP contribution is -2.52. The summed E-state index contributed by atoms with van der Waals surface area (Å²) >= 11 is 6.12. The van der Waals surface area contributed by atoms with Crippen LogP contribution in [-0.2, 0) is 11.2 Å². The number of nitrogens with one attached hydrogen (secondary N) is 2. The molecule has 2 N–H and O–H groups in total. The second-order valence-electron chi connectivity index (χ2n) is 7.34. The molecule has 1 aromatic rings. The maximum Gasteiger partial charge on any atom is 0.226 e. The second kappa shape index (κ2) is 7.23. The molecule has 0 bridgehead atoms. The first-order chi connectivity index (χ1) is 11.1. The van der Waals surface area contributed by atoms with Gasteiger partial charge in [0.15, 0.2) is 0 Å².